The van der Waals surface area contributed by atoms with Gasteiger partial charge in [0.2, 0.25) is 0 Å². The van der Waals surface area contributed by atoms with E-state index < -0.39 is 6.10 Å². The van der Waals surface area contributed by atoms with Gasteiger partial charge in [0.15, 0.2) is 0 Å². The molecule has 0 bridgehead atoms. The van der Waals surface area contributed by atoms with Gasteiger partial charge < -0.3 is 24.7 Å². The molecule has 2 rings (SSSR count). The molecular formula is C15H21N3O4. The number of carbonyl (C=O) groups excluding carboxylic acids is 1. The van der Waals surface area contributed by atoms with Crippen LogP contribution in [0, 0.1) is 13.8 Å². The second-order valence-electron chi connectivity index (χ2n) is 5.07. The number of aryl methyl sites for hydroxylation is 2. The number of rotatable bonds is 7. The van der Waals surface area contributed by atoms with Crippen LogP contribution in [0.2, 0.25) is 0 Å². The van der Waals surface area contributed by atoms with E-state index in [0.29, 0.717) is 12.3 Å². The molecule has 2 aromatic heterocycles. The number of aliphatic hydroxyl groups excluding tert-OH is 1. The van der Waals surface area contributed by atoms with Crippen molar-refractivity contribution in [1.82, 2.24) is 15.8 Å². The minimum atomic E-state index is -0.844. The van der Waals surface area contributed by atoms with Crippen molar-refractivity contribution in [2.75, 3.05) is 13.1 Å². The molecule has 7 nitrogen and oxygen atoms in total. The molecule has 0 fully saturated rings. The summed E-state index contributed by atoms with van der Waals surface area (Å²) in [5.41, 5.74) is 1.99. The van der Waals surface area contributed by atoms with Crippen molar-refractivity contribution in [1.29, 1.82) is 0 Å². The maximum atomic E-state index is 11.6. The van der Waals surface area contributed by atoms with Gasteiger partial charge in [-0.1, -0.05) is 5.16 Å². The summed E-state index contributed by atoms with van der Waals surface area (Å²) in [5, 5.41) is 19.0. The lowest BCUT2D eigenvalue weighted by Gasteiger charge is -2.10. The number of aliphatic hydroxyl groups is 1. The Kier molecular flexibility index (Phi) is 5.60. The summed E-state index contributed by atoms with van der Waals surface area (Å²) in [6.07, 6.45) is 2.23. The van der Waals surface area contributed by atoms with Gasteiger partial charge in [-0.05, 0) is 38.8 Å². The highest BCUT2D eigenvalue weighted by molar-refractivity contribution is 5.73. The number of aromatic nitrogens is 1. The first-order valence-electron chi connectivity index (χ1n) is 7.23. The van der Waals surface area contributed by atoms with Gasteiger partial charge in [-0.25, -0.2) is 4.79 Å². The summed E-state index contributed by atoms with van der Waals surface area (Å²) >= 11 is 0. The van der Waals surface area contributed by atoms with E-state index in [1.807, 2.05) is 13.8 Å². The molecule has 0 saturated carbocycles. The van der Waals surface area contributed by atoms with Crippen LogP contribution in [0.3, 0.4) is 0 Å². The lowest BCUT2D eigenvalue weighted by molar-refractivity contribution is 0.148. The highest BCUT2D eigenvalue weighted by atomic mass is 16.5. The van der Waals surface area contributed by atoms with Gasteiger partial charge in [-0.2, -0.15) is 0 Å². The first-order valence-corrected chi connectivity index (χ1v) is 7.23. The summed E-state index contributed by atoms with van der Waals surface area (Å²) in [6.45, 7) is 4.42. The third kappa shape index (κ3) is 4.36. The molecule has 120 valence electrons. The molecule has 0 spiro atoms. The van der Waals surface area contributed by atoms with Gasteiger partial charge >= 0.3 is 6.03 Å². The predicted molar refractivity (Wildman–Crippen MR) is 79.4 cm³/mol. The molecule has 3 N–H and O–H groups in total. The number of carbonyl (C=O) groups is 1. The summed E-state index contributed by atoms with van der Waals surface area (Å²) in [6, 6.07) is 3.03. The van der Waals surface area contributed by atoms with E-state index in [1.165, 1.54) is 6.26 Å². The third-order valence-corrected chi connectivity index (χ3v) is 3.40. The fourth-order valence-corrected chi connectivity index (χ4v) is 2.16. The molecule has 0 aliphatic heterocycles. The molecule has 0 aliphatic carbocycles. The average molecular weight is 307 g/mol. The summed E-state index contributed by atoms with van der Waals surface area (Å²) in [4.78, 5) is 11.6. The summed E-state index contributed by atoms with van der Waals surface area (Å²) in [5.74, 6) is 1.25. The minimum Gasteiger partial charge on any atom is -0.467 e. The van der Waals surface area contributed by atoms with E-state index >= 15 is 0 Å². The number of amides is 2. The van der Waals surface area contributed by atoms with Crippen molar-refractivity contribution in [3.8, 4) is 0 Å². The minimum absolute atomic E-state index is 0.100. The molecule has 1 atom stereocenters. The largest absolute Gasteiger partial charge is 0.467 e. The monoisotopic (exact) mass is 307 g/mol. The Labute approximate surface area is 128 Å². The van der Waals surface area contributed by atoms with Gasteiger partial charge in [-0.15, -0.1) is 0 Å². The van der Waals surface area contributed by atoms with E-state index in [2.05, 4.69) is 15.8 Å². The Morgan fingerprint density at radius 2 is 2.23 bits per heavy atom. The van der Waals surface area contributed by atoms with Crippen LogP contribution in [-0.4, -0.2) is 29.4 Å². The number of hydrogen-bond acceptors (Lipinski definition) is 5. The first kappa shape index (κ1) is 16.1. The number of nitrogens with one attached hydrogen (secondary N) is 2. The predicted octanol–water partition coefficient (Wildman–Crippen LogP) is 1.85. The SMILES string of the molecule is Cc1noc(C)c1CCCNC(=O)NCC(O)c1ccco1. The van der Waals surface area contributed by atoms with Crippen LogP contribution in [-0.2, 0) is 6.42 Å². The van der Waals surface area contributed by atoms with Crippen molar-refractivity contribution in [2.24, 2.45) is 0 Å². The number of urea groups is 1. The Morgan fingerprint density at radius 1 is 1.41 bits per heavy atom. The van der Waals surface area contributed by atoms with Gasteiger partial charge in [0.1, 0.15) is 17.6 Å². The van der Waals surface area contributed by atoms with Crippen LogP contribution in [0.15, 0.2) is 27.3 Å². The Bertz CT molecular complexity index is 572. The average Bonchev–Trinajstić information content (AvgIpc) is 3.13. The van der Waals surface area contributed by atoms with Crippen molar-refractivity contribution in [3.05, 3.63) is 41.2 Å². The molecule has 0 aliphatic rings. The zero-order valence-electron chi connectivity index (χ0n) is 12.8. The fraction of sp³-hybridized carbons (Fsp3) is 0.467. The number of hydrogen-bond donors (Lipinski definition) is 3. The molecule has 2 amide bonds. The lowest BCUT2D eigenvalue weighted by Crippen LogP contribution is -2.38. The highest BCUT2D eigenvalue weighted by Gasteiger charge is 2.12. The van der Waals surface area contributed by atoms with Crippen molar-refractivity contribution >= 4 is 6.03 Å². The van der Waals surface area contributed by atoms with Crippen LogP contribution >= 0.6 is 0 Å². The second-order valence-corrected chi connectivity index (χ2v) is 5.07. The summed E-state index contributed by atoms with van der Waals surface area (Å²) in [7, 11) is 0. The molecule has 1 unspecified atom stereocenters. The Balaban J connectivity index is 1.62. The normalized spacial score (nSPS) is 12.1. The van der Waals surface area contributed by atoms with E-state index in [1.54, 1.807) is 12.1 Å². The van der Waals surface area contributed by atoms with Crippen LogP contribution in [0.25, 0.3) is 0 Å². The molecule has 7 heteroatoms. The Morgan fingerprint density at radius 3 is 2.86 bits per heavy atom. The molecule has 0 aromatic carbocycles. The van der Waals surface area contributed by atoms with Crippen LogP contribution in [0.1, 0.15) is 35.3 Å². The van der Waals surface area contributed by atoms with Crippen molar-refractivity contribution in [2.45, 2.75) is 32.8 Å². The maximum absolute atomic E-state index is 11.6. The molecule has 2 aromatic rings. The van der Waals surface area contributed by atoms with Crippen LogP contribution in [0.4, 0.5) is 4.79 Å². The highest BCUT2D eigenvalue weighted by Crippen LogP contribution is 2.14. The third-order valence-electron chi connectivity index (χ3n) is 3.40. The number of furan rings is 1. The Hall–Kier alpha value is -2.28. The van der Waals surface area contributed by atoms with E-state index in [4.69, 9.17) is 8.94 Å². The fourth-order valence-electron chi connectivity index (χ4n) is 2.16. The second kappa shape index (κ2) is 7.65. The standard InChI is InChI=1S/C15H21N3O4/c1-10-12(11(2)22-18-10)5-3-7-16-15(20)17-9-13(19)14-6-4-8-21-14/h4,6,8,13,19H,3,5,7,9H2,1-2H3,(H2,16,17,20). The maximum Gasteiger partial charge on any atom is 0.314 e. The van der Waals surface area contributed by atoms with Gasteiger partial charge in [0, 0.05) is 12.1 Å². The zero-order valence-corrected chi connectivity index (χ0v) is 12.8. The molecule has 0 radical (unpaired) electrons. The van der Waals surface area contributed by atoms with Crippen molar-refractivity contribution in [3.63, 3.8) is 0 Å². The van der Waals surface area contributed by atoms with Crippen LogP contribution < -0.4 is 10.6 Å². The lowest BCUT2D eigenvalue weighted by atomic mass is 10.1. The molecule has 2 heterocycles. The quantitative estimate of drug-likeness (QED) is 0.678. The zero-order chi connectivity index (χ0) is 15.9. The first-order chi connectivity index (χ1) is 10.6. The number of nitrogens with zero attached hydrogens (tertiary/aromatic N) is 1. The van der Waals surface area contributed by atoms with Gasteiger partial charge in [0.05, 0.1) is 18.5 Å². The molecule has 22 heavy (non-hydrogen) atoms. The van der Waals surface area contributed by atoms with Gasteiger partial charge in [-0.3, -0.25) is 0 Å². The van der Waals surface area contributed by atoms with E-state index in [-0.39, 0.29) is 12.6 Å². The molecule has 0 saturated heterocycles. The van der Waals surface area contributed by atoms with Crippen molar-refractivity contribution < 1.29 is 18.8 Å². The summed E-state index contributed by atoms with van der Waals surface area (Å²) < 4.78 is 10.1. The van der Waals surface area contributed by atoms with E-state index in [9.17, 15) is 9.90 Å². The van der Waals surface area contributed by atoms with E-state index in [0.717, 1.165) is 29.9 Å². The smallest absolute Gasteiger partial charge is 0.314 e. The van der Waals surface area contributed by atoms with Crippen LogP contribution in [0.5, 0.6) is 0 Å². The van der Waals surface area contributed by atoms with Gasteiger partial charge in [0.25, 0.3) is 0 Å². The molecular weight excluding hydrogens is 286 g/mol. The topological polar surface area (TPSA) is 101 Å².